The molecule has 0 bridgehead atoms. The average Bonchev–Trinajstić information content (AvgIpc) is 3.50. The van der Waals surface area contributed by atoms with Gasteiger partial charge in [-0.1, -0.05) is 18.2 Å². The number of aryl methyl sites for hydroxylation is 1. The number of benzene rings is 1. The lowest BCUT2D eigenvalue weighted by Crippen LogP contribution is -2.28. The maximum absolute atomic E-state index is 13.0. The van der Waals surface area contributed by atoms with Crippen LogP contribution in [0.5, 0.6) is 0 Å². The number of fused-ring (bicyclic) bond motifs is 1. The van der Waals surface area contributed by atoms with E-state index in [-0.39, 0.29) is 5.92 Å². The zero-order valence-corrected chi connectivity index (χ0v) is 21.0. The van der Waals surface area contributed by atoms with Gasteiger partial charge in [0.05, 0.1) is 22.9 Å². The van der Waals surface area contributed by atoms with Gasteiger partial charge in [-0.3, -0.25) is 14.9 Å². The molecule has 2 unspecified atom stereocenters. The standard InChI is InChI=1S/C14H18F3NO.C13H11N5O/c1-10(19)8-18-7-6-11(9-18)12-4-2-3-5-13(12)14(15,16)17;1-7-4-8(2-3-15-7)11-10-5-9(12(14)19)6-16-13(10)18-17-11/h2-5,10-11,19H,6-9H2,1H3;2-6H,1H3,(H2,14,19)(H,16,17,18). The molecule has 3 aromatic heterocycles. The monoisotopic (exact) mass is 526 g/mol. The first kappa shape index (κ1) is 27.2. The van der Waals surface area contributed by atoms with E-state index in [1.165, 1.54) is 12.3 Å². The summed E-state index contributed by atoms with van der Waals surface area (Å²) in [5.41, 5.74) is 8.68. The second kappa shape index (κ2) is 11.3. The summed E-state index contributed by atoms with van der Waals surface area (Å²) in [5.74, 6) is -0.607. The van der Waals surface area contributed by atoms with Crippen molar-refractivity contribution in [2.24, 2.45) is 5.73 Å². The highest BCUT2D eigenvalue weighted by molar-refractivity contribution is 5.99. The Bertz CT molecular complexity index is 1420. The summed E-state index contributed by atoms with van der Waals surface area (Å²) < 4.78 is 38.9. The normalized spacial score (nSPS) is 16.7. The van der Waals surface area contributed by atoms with E-state index in [0.29, 0.717) is 36.3 Å². The first-order valence-electron chi connectivity index (χ1n) is 12.2. The number of aliphatic hydroxyl groups excluding tert-OH is 1. The fourth-order valence-corrected chi connectivity index (χ4v) is 4.69. The number of aromatic nitrogens is 4. The van der Waals surface area contributed by atoms with Crippen LogP contribution < -0.4 is 5.73 Å². The Morgan fingerprint density at radius 1 is 1.24 bits per heavy atom. The second-order valence-corrected chi connectivity index (χ2v) is 9.42. The third kappa shape index (κ3) is 6.35. The topological polar surface area (TPSA) is 121 Å². The van der Waals surface area contributed by atoms with Gasteiger partial charge in [-0.25, -0.2) is 4.98 Å². The second-order valence-electron chi connectivity index (χ2n) is 9.42. The lowest BCUT2D eigenvalue weighted by molar-refractivity contribution is -0.138. The molecule has 0 radical (unpaired) electrons. The number of aromatic amines is 1. The summed E-state index contributed by atoms with van der Waals surface area (Å²) in [7, 11) is 0. The van der Waals surface area contributed by atoms with Crippen LogP contribution in [0.4, 0.5) is 13.2 Å². The number of halogens is 3. The molecular formula is C27H29F3N6O2. The van der Waals surface area contributed by atoms with Gasteiger partial charge < -0.3 is 15.7 Å². The van der Waals surface area contributed by atoms with E-state index in [4.69, 9.17) is 5.73 Å². The molecule has 4 heterocycles. The van der Waals surface area contributed by atoms with Crippen molar-refractivity contribution in [3.05, 3.63) is 77.2 Å². The molecule has 1 aromatic carbocycles. The summed E-state index contributed by atoms with van der Waals surface area (Å²) in [5, 5.41) is 17.1. The van der Waals surface area contributed by atoms with Crippen molar-refractivity contribution in [2.75, 3.05) is 19.6 Å². The Morgan fingerprint density at radius 2 is 2.00 bits per heavy atom. The molecule has 1 saturated heterocycles. The van der Waals surface area contributed by atoms with Gasteiger partial charge in [-0.2, -0.15) is 18.3 Å². The number of hydrogen-bond donors (Lipinski definition) is 3. The fraction of sp³-hybridized carbons (Fsp3) is 0.333. The third-order valence-electron chi connectivity index (χ3n) is 6.38. The molecule has 0 aliphatic carbocycles. The van der Waals surface area contributed by atoms with Crippen LogP contribution in [-0.4, -0.2) is 61.8 Å². The van der Waals surface area contributed by atoms with Gasteiger partial charge in [0.2, 0.25) is 5.91 Å². The molecule has 4 N–H and O–H groups in total. The Kier molecular flexibility index (Phi) is 8.08. The number of nitrogens with zero attached hydrogens (tertiary/aromatic N) is 4. The molecule has 1 amide bonds. The summed E-state index contributed by atoms with van der Waals surface area (Å²) in [6.45, 7) is 5.44. The van der Waals surface area contributed by atoms with Crippen molar-refractivity contribution in [1.29, 1.82) is 0 Å². The zero-order valence-electron chi connectivity index (χ0n) is 21.0. The molecule has 2 atom stereocenters. The maximum Gasteiger partial charge on any atom is 0.416 e. The van der Waals surface area contributed by atoms with Gasteiger partial charge >= 0.3 is 6.18 Å². The molecule has 1 aliphatic rings. The van der Waals surface area contributed by atoms with Crippen LogP contribution in [0.25, 0.3) is 22.3 Å². The number of pyridine rings is 2. The van der Waals surface area contributed by atoms with Crippen molar-refractivity contribution in [1.82, 2.24) is 25.1 Å². The van der Waals surface area contributed by atoms with Crippen LogP contribution in [0.3, 0.4) is 0 Å². The number of likely N-dealkylation sites (tertiary alicyclic amines) is 1. The van der Waals surface area contributed by atoms with Gasteiger partial charge in [0.15, 0.2) is 5.65 Å². The number of carbonyl (C=O) groups excluding carboxylic acids is 1. The predicted molar refractivity (Wildman–Crippen MR) is 137 cm³/mol. The maximum atomic E-state index is 13.0. The average molecular weight is 527 g/mol. The summed E-state index contributed by atoms with van der Waals surface area (Å²) >= 11 is 0. The van der Waals surface area contributed by atoms with Crippen LogP contribution in [0.15, 0.2) is 54.9 Å². The van der Waals surface area contributed by atoms with Crippen LogP contribution >= 0.6 is 0 Å². The zero-order chi connectivity index (χ0) is 27.4. The minimum atomic E-state index is -4.30. The quantitative estimate of drug-likeness (QED) is 0.357. The number of β-amino-alcohol motifs (C(OH)–C–C–N with tert-alkyl or cyclic N) is 1. The number of nitrogens with one attached hydrogen (secondary N) is 1. The summed E-state index contributed by atoms with van der Waals surface area (Å²) in [4.78, 5) is 21.5. The lowest BCUT2D eigenvalue weighted by Gasteiger charge is -2.20. The van der Waals surface area contributed by atoms with Gasteiger partial charge in [0.1, 0.15) is 0 Å². The van der Waals surface area contributed by atoms with Crippen LogP contribution in [-0.2, 0) is 6.18 Å². The molecule has 0 spiro atoms. The molecule has 1 fully saturated rings. The molecule has 4 aromatic rings. The van der Waals surface area contributed by atoms with Crippen molar-refractivity contribution in [3.63, 3.8) is 0 Å². The van der Waals surface area contributed by atoms with Crippen molar-refractivity contribution in [2.45, 2.75) is 38.5 Å². The number of carbonyl (C=O) groups is 1. The van der Waals surface area contributed by atoms with E-state index >= 15 is 0 Å². The van der Waals surface area contributed by atoms with Gasteiger partial charge in [0, 0.05) is 42.1 Å². The molecular weight excluding hydrogens is 497 g/mol. The van der Waals surface area contributed by atoms with E-state index in [2.05, 4.69) is 20.2 Å². The number of H-pyrrole nitrogens is 1. The van der Waals surface area contributed by atoms with Gasteiger partial charge in [-0.15, -0.1) is 0 Å². The van der Waals surface area contributed by atoms with Crippen molar-refractivity contribution < 1.29 is 23.1 Å². The van der Waals surface area contributed by atoms with Crippen molar-refractivity contribution in [3.8, 4) is 11.3 Å². The van der Waals surface area contributed by atoms with Crippen LogP contribution in [0.1, 0.15) is 46.4 Å². The molecule has 5 rings (SSSR count). The number of rotatable bonds is 5. The van der Waals surface area contributed by atoms with E-state index in [9.17, 15) is 23.1 Å². The Hall–Kier alpha value is -3.83. The summed E-state index contributed by atoms with van der Waals surface area (Å²) in [6.07, 6.45) is -0.888. The summed E-state index contributed by atoms with van der Waals surface area (Å²) in [6, 6.07) is 11.3. The smallest absolute Gasteiger partial charge is 0.392 e. The minimum absolute atomic E-state index is 0.100. The highest BCUT2D eigenvalue weighted by atomic mass is 19.4. The third-order valence-corrected chi connectivity index (χ3v) is 6.38. The van der Waals surface area contributed by atoms with E-state index in [1.54, 1.807) is 31.3 Å². The highest BCUT2D eigenvalue weighted by Crippen LogP contribution is 2.38. The number of nitrogens with two attached hydrogens (primary N) is 1. The molecule has 1 aliphatic heterocycles. The van der Waals surface area contributed by atoms with Crippen LogP contribution in [0, 0.1) is 6.92 Å². The van der Waals surface area contributed by atoms with E-state index in [1.807, 2.05) is 24.0 Å². The Morgan fingerprint density at radius 3 is 2.68 bits per heavy atom. The Balaban J connectivity index is 0.000000177. The number of alkyl halides is 3. The minimum Gasteiger partial charge on any atom is -0.392 e. The molecule has 8 nitrogen and oxygen atoms in total. The SMILES string of the molecule is CC(O)CN1CCC(c2ccccc2C(F)(F)F)C1.Cc1cc(-c2[nH]nc3ncc(C(N)=O)cc23)ccn1. The largest absolute Gasteiger partial charge is 0.416 e. The van der Waals surface area contributed by atoms with E-state index in [0.717, 1.165) is 34.9 Å². The number of hydrogen-bond acceptors (Lipinski definition) is 6. The predicted octanol–water partition coefficient (Wildman–Crippen LogP) is 4.30. The first-order valence-corrected chi connectivity index (χ1v) is 12.2. The number of amides is 1. The van der Waals surface area contributed by atoms with Crippen LogP contribution in [0.2, 0.25) is 0 Å². The highest BCUT2D eigenvalue weighted by Gasteiger charge is 2.36. The number of aliphatic hydroxyl groups is 1. The first-order chi connectivity index (χ1) is 18.0. The molecule has 11 heteroatoms. The fourth-order valence-electron chi connectivity index (χ4n) is 4.69. The van der Waals surface area contributed by atoms with Crippen molar-refractivity contribution >= 4 is 16.9 Å². The van der Waals surface area contributed by atoms with E-state index < -0.39 is 23.8 Å². The van der Waals surface area contributed by atoms with Gasteiger partial charge in [0.25, 0.3) is 0 Å². The molecule has 200 valence electrons. The molecule has 0 saturated carbocycles. The Labute approximate surface area is 217 Å². The molecule has 38 heavy (non-hydrogen) atoms. The lowest BCUT2D eigenvalue weighted by atomic mass is 9.93. The van der Waals surface area contributed by atoms with Gasteiger partial charge in [-0.05, 0) is 62.6 Å². The number of primary amides is 1.